The Morgan fingerprint density at radius 1 is 1.00 bits per heavy atom. The van der Waals surface area contributed by atoms with Crippen LogP contribution in [0, 0.1) is 0 Å². The highest BCUT2D eigenvalue weighted by atomic mass is 127. The number of rotatable bonds is 0. The van der Waals surface area contributed by atoms with Gasteiger partial charge in [0.25, 0.3) is 0 Å². The molecule has 0 aromatic heterocycles. The van der Waals surface area contributed by atoms with Gasteiger partial charge in [0.1, 0.15) is 0 Å². The molecule has 0 N–H and O–H groups in total. The third-order valence-electron chi connectivity index (χ3n) is 1.28. The Morgan fingerprint density at radius 2 is 1.30 bits per heavy atom. The lowest BCUT2D eigenvalue weighted by molar-refractivity contribution is -0.172. The molecule has 6 heteroatoms. The summed E-state index contributed by atoms with van der Waals surface area (Å²) >= 11 is 1.46. The maximum Gasteiger partial charge on any atom is 0.324 e. The number of alkyl halides is 4. The van der Waals surface area contributed by atoms with E-state index in [1.165, 1.54) is 22.9 Å². The predicted octanol–water partition coefficient (Wildman–Crippen LogP) is 1.92. The molecule has 1 rings (SSSR count). The molecule has 1 saturated heterocycles. The van der Waals surface area contributed by atoms with Crippen LogP contribution in [0.1, 0.15) is 0 Å². The van der Waals surface area contributed by atoms with Gasteiger partial charge in [0.15, 0.2) is 0 Å². The van der Waals surface area contributed by atoms with Gasteiger partial charge in [-0.3, -0.25) is 0 Å². The molecule has 0 spiro atoms. The van der Waals surface area contributed by atoms with Crippen molar-refractivity contribution in [2.45, 2.75) is 11.8 Å². The van der Waals surface area contributed by atoms with E-state index < -0.39 is 24.9 Å². The Bertz CT molecular complexity index is 132. The zero-order valence-electron chi connectivity index (χ0n) is 4.75. The molecule has 10 heavy (non-hydrogen) atoms. The SMILES string of the molecule is FC1(F)CN(I)CC1(F)F. The van der Waals surface area contributed by atoms with E-state index in [0.29, 0.717) is 0 Å². The summed E-state index contributed by atoms with van der Waals surface area (Å²) in [6, 6.07) is 0. The summed E-state index contributed by atoms with van der Waals surface area (Å²) in [5.74, 6) is -7.71. The Morgan fingerprint density at radius 3 is 1.40 bits per heavy atom. The van der Waals surface area contributed by atoms with Gasteiger partial charge in [-0.25, -0.2) is 3.11 Å². The lowest BCUT2D eigenvalue weighted by Crippen LogP contribution is -2.38. The van der Waals surface area contributed by atoms with E-state index in [1.54, 1.807) is 0 Å². The third kappa shape index (κ3) is 1.23. The Balaban J connectivity index is 2.78. The van der Waals surface area contributed by atoms with E-state index in [0.717, 1.165) is 3.11 Å². The number of hydrogen-bond acceptors (Lipinski definition) is 1. The predicted molar refractivity (Wildman–Crippen MR) is 35.5 cm³/mol. The van der Waals surface area contributed by atoms with Crippen molar-refractivity contribution in [2.24, 2.45) is 0 Å². The average molecular weight is 269 g/mol. The number of hydrogen-bond donors (Lipinski definition) is 0. The molecule has 0 aromatic rings. The van der Waals surface area contributed by atoms with Gasteiger partial charge in [-0.2, -0.15) is 17.6 Å². The molecule has 0 saturated carbocycles. The summed E-state index contributed by atoms with van der Waals surface area (Å²) in [5.41, 5.74) is 0. The van der Waals surface area contributed by atoms with Crippen LogP contribution >= 0.6 is 22.9 Å². The molecule has 0 amide bonds. The molecule has 0 bridgehead atoms. The standard InChI is InChI=1S/C4H4F4IN/c5-3(6)1-10(9)2-4(3,7)8/h1-2H2. The van der Waals surface area contributed by atoms with Crippen LogP contribution in [0.5, 0.6) is 0 Å². The van der Waals surface area contributed by atoms with E-state index >= 15 is 0 Å². The molecule has 0 aliphatic carbocycles. The fourth-order valence-electron chi connectivity index (χ4n) is 0.718. The summed E-state index contributed by atoms with van der Waals surface area (Å²) in [4.78, 5) is 0. The zero-order chi connectivity index (χ0) is 7.99. The summed E-state index contributed by atoms with van der Waals surface area (Å²) in [7, 11) is 0. The minimum Gasteiger partial charge on any atom is -0.235 e. The topological polar surface area (TPSA) is 3.24 Å². The first kappa shape index (κ1) is 8.51. The Kier molecular flexibility index (Phi) is 1.87. The van der Waals surface area contributed by atoms with Crippen LogP contribution in [0.4, 0.5) is 17.6 Å². The van der Waals surface area contributed by atoms with Crippen molar-refractivity contribution in [1.29, 1.82) is 0 Å². The summed E-state index contributed by atoms with van der Waals surface area (Å²) in [6.45, 7) is -1.72. The van der Waals surface area contributed by atoms with Crippen LogP contribution in [0.15, 0.2) is 0 Å². The highest BCUT2D eigenvalue weighted by molar-refractivity contribution is 14.1. The highest BCUT2D eigenvalue weighted by Gasteiger charge is 2.62. The first-order valence-corrected chi connectivity index (χ1v) is 3.48. The minimum atomic E-state index is -3.85. The lowest BCUT2D eigenvalue weighted by atomic mass is 10.2. The van der Waals surface area contributed by atoms with E-state index in [9.17, 15) is 17.6 Å². The van der Waals surface area contributed by atoms with Crippen molar-refractivity contribution in [3.63, 3.8) is 0 Å². The van der Waals surface area contributed by atoms with Gasteiger partial charge in [-0.15, -0.1) is 0 Å². The van der Waals surface area contributed by atoms with E-state index in [1.807, 2.05) is 0 Å². The van der Waals surface area contributed by atoms with Crippen LogP contribution < -0.4 is 0 Å². The first-order chi connectivity index (χ1) is 4.35. The van der Waals surface area contributed by atoms with Crippen LogP contribution in [0.2, 0.25) is 0 Å². The molecule has 0 radical (unpaired) electrons. The van der Waals surface area contributed by atoms with Gasteiger partial charge in [-0.1, -0.05) is 0 Å². The van der Waals surface area contributed by atoms with Crippen molar-refractivity contribution < 1.29 is 17.6 Å². The molecule has 1 heterocycles. The van der Waals surface area contributed by atoms with Gasteiger partial charge in [-0.05, 0) is 0 Å². The Labute approximate surface area is 68.9 Å². The molecule has 1 fully saturated rings. The fourth-order valence-corrected chi connectivity index (χ4v) is 1.58. The van der Waals surface area contributed by atoms with Gasteiger partial charge in [0.2, 0.25) is 0 Å². The molecule has 0 aromatic carbocycles. The minimum absolute atomic E-state index is 0.861. The van der Waals surface area contributed by atoms with E-state index in [2.05, 4.69) is 0 Å². The van der Waals surface area contributed by atoms with Gasteiger partial charge < -0.3 is 0 Å². The summed E-state index contributed by atoms with van der Waals surface area (Å²) in [6.07, 6.45) is 0. The maximum absolute atomic E-state index is 12.2. The van der Waals surface area contributed by atoms with Crippen LogP contribution in [-0.4, -0.2) is 28.0 Å². The molecule has 0 unspecified atom stereocenters. The Hall–Kier alpha value is 0.410. The quantitative estimate of drug-likeness (QED) is 0.369. The van der Waals surface area contributed by atoms with Crippen molar-refractivity contribution in [2.75, 3.05) is 13.1 Å². The fraction of sp³-hybridized carbons (Fsp3) is 1.00. The van der Waals surface area contributed by atoms with Crippen LogP contribution in [0.25, 0.3) is 0 Å². The van der Waals surface area contributed by atoms with E-state index in [4.69, 9.17) is 0 Å². The molecular formula is C4H4F4IN. The largest absolute Gasteiger partial charge is 0.324 e. The molecule has 1 aliphatic rings. The smallest absolute Gasteiger partial charge is 0.235 e. The van der Waals surface area contributed by atoms with Gasteiger partial charge in [0, 0.05) is 22.9 Å². The summed E-state index contributed by atoms with van der Waals surface area (Å²) in [5, 5.41) is 0. The van der Waals surface area contributed by atoms with Crippen LogP contribution in [0.3, 0.4) is 0 Å². The number of nitrogens with zero attached hydrogens (tertiary/aromatic N) is 1. The third-order valence-corrected chi connectivity index (χ3v) is 1.96. The first-order valence-electron chi connectivity index (χ1n) is 2.51. The number of halogens is 5. The normalized spacial score (nSPS) is 30.9. The summed E-state index contributed by atoms with van der Waals surface area (Å²) < 4.78 is 49.6. The van der Waals surface area contributed by atoms with Crippen molar-refractivity contribution in [3.8, 4) is 0 Å². The van der Waals surface area contributed by atoms with Crippen LogP contribution in [-0.2, 0) is 0 Å². The van der Waals surface area contributed by atoms with Crippen molar-refractivity contribution in [1.82, 2.24) is 3.11 Å². The molecule has 60 valence electrons. The van der Waals surface area contributed by atoms with Gasteiger partial charge in [0.05, 0.1) is 13.1 Å². The zero-order valence-corrected chi connectivity index (χ0v) is 6.91. The second-order valence-electron chi connectivity index (χ2n) is 2.19. The monoisotopic (exact) mass is 269 g/mol. The highest BCUT2D eigenvalue weighted by Crippen LogP contribution is 2.41. The maximum atomic E-state index is 12.2. The molecule has 1 nitrogen and oxygen atoms in total. The van der Waals surface area contributed by atoms with Crippen molar-refractivity contribution >= 4 is 22.9 Å². The lowest BCUT2D eigenvalue weighted by Gasteiger charge is -2.15. The molecule has 0 atom stereocenters. The molecular weight excluding hydrogens is 265 g/mol. The average Bonchev–Trinajstić information content (AvgIpc) is 1.73. The van der Waals surface area contributed by atoms with Gasteiger partial charge >= 0.3 is 11.8 Å². The second kappa shape index (κ2) is 2.20. The van der Waals surface area contributed by atoms with Crippen molar-refractivity contribution in [3.05, 3.63) is 0 Å². The second-order valence-corrected chi connectivity index (χ2v) is 3.55. The van der Waals surface area contributed by atoms with E-state index in [-0.39, 0.29) is 0 Å². The molecule has 1 aliphatic heterocycles.